The van der Waals surface area contributed by atoms with Crippen LogP contribution >= 0.6 is 35.0 Å². The average molecular weight is 602 g/mol. The molecule has 13 heteroatoms. The standard InChI is InChI=1S/C27H26Cl2N6O4S/c1-27(2,3)16-4-11-23(21(29)12-16)35-26(32-33-34-35)40-15-25(38)31-22-10-9-19(13-20(22)28)39-14-24(37)30-17-5-7-18(36)8-6-17/h4-13,36H,14-15H2,1-3H3,(H,30,37)(H,31,38). The highest BCUT2D eigenvalue weighted by Gasteiger charge is 2.19. The first-order valence-electron chi connectivity index (χ1n) is 12.0. The van der Waals surface area contributed by atoms with E-state index >= 15 is 0 Å². The Kier molecular flexibility index (Phi) is 9.18. The van der Waals surface area contributed by atoms with Crippen LogP contribution in [0.25, 0.3) is 5.69 Å². The van der Waals surface area contributed by atoms with Gasteiger partial charge in [0, 0.05) is 11.8 Å². The van der Waals surface area contributed by atoms with E-state index in [4.69, 9.17) is 27.9 Å². The zero-order valence-electron chi connectivity index (χ0n) is 21.8. The number of thioether (sulfide) groups is 1. The molecule has 0 fully saturated rings. The summed E-state index contributed by atoms with van der Waals surface area (Å²) in [5, 5.41) is 27.6. The monoisotopic (exact) mass is 600 g/mol. The topological polar surface area (TPSA) is 131 Å². The second-order valence-electron chi connectivity index (χ2n) is 9.65. The van der Waals surface area contributed by atoms with E-state index in [2.05, 4.69) is 46.9 Å². The third-order valence-corrected chi connectivity index (χ3v) is 7.09. The third-order valence-electron chi connectivity index (χ3n) is 5.55. The molecule has 3 aromatic carbocycles. The minimum Gasteiger partial charge on any atom is -0.508 e. The predicted octanol–water partition coefficient (Wildman–Crippen LogP) is 5.72. The van der Waals surface area contributed by atoms with Gasteiger partial charge < -0.3 is 20.5 Å². The number of anilines is 2. The summed E-state index contributed by atoms with van der Waals surface area (Å²) in [4.78, 5) is 24.7. The molecule has 0 aliphatic heterocycles. The van der Waals surface area contributed by atoms with Gasteiger partial charge in [-0.2, -0.15) is 4.68 Å². The van der Waals surface area contributed by atoms with Gasteiger partial charge in [-0.3, -0.25) is 9.59 Å². The number of hydrogen-bond acceptors (Lipinski definition) is 8. The second-order valence-corrected chi connectivity index (χ2v) is 11.4. The van der Waals surface area contributed by atoms with Crippen molar-refractivity contribution in [3.8, 4) is 17.2 Å². The van der Waals surface area contributed by atoms with Crippen LogP contribution in [0.1, 0.15) is 26.3 Å². The second kappa shape index (κ2) is 12.6. The number of aromatic hydroxyl groups is 1. The van der Waals surface area contributed by atoms with Gasteiger partial charge in [0.15, 0.2) is 6.61 Å². The van der Waals surface area contributed by atoms with Crippen LogP contribution in [0.3, 0.4) is 0 Å². The van der Waals surface area contributed by atoms with Gasteiger partial charge in [-0.15, -0.1) is 5.10 Å². The molecule has 2 amide bonds. The zero-order chi connectivity index (χ0) is 28.9. The molecule has 40 heavy (non-hydrogen) atoms. The number of aromatic nitrogens is 4. The van der Waals surface area contributed by atoms with Gasteiger partial charge in [0.25, 0.3) is 5.91 Å². The van der Waals surface area contributed by atoms with E-state index in [0.29, 0.717) is 33.0 Å². The van der Waals surface area contributed by atoms with E-state index in [1.807, 2.05) is 18.2 Å². The Morgan fingerprint density at radius 3 is 2.40 bits per heavy atom. The van der Waals surface area contributed by atoms with Crippen LogP contribution < -0.4 is 15.4 Å². The summed E-state index contributed by atoms with van der Waals surface area (Å²) in [5.41, 5.74) is 2.53. The van der Waals surface area contributed by atoms with E-state index in [9.17, 15) is 14.7 Å². The van der Waals surface area contributed by atoms with Crippen LogP contribution in [-0.2, 0) is 15.0 Å². The molecule has 0 unspecified atom stereocenters. The summed E-state index contributed by atoms with van der Waals surface area (Å²) < 4.78 is 6.98. The van der Waals surface area contributed by atoms with Gasteiger partial charge in [0.1, 0.15) is 11.5 Å². The number of amides is 2. The number of ether oxygens (including phenoxy) is 1. The molecule has 0 bridgehead atoms. The molecule has 0 aliphatic rings. The van der Waals surface area contributed by atoms with E-state index < -0.39 is 0 Å². The number of nitrogens with one attached hydrogen (secondary N) is 2. The summed E-state index contributed by atoms with van der Waals surface area (Å²) in [6.45, 7) is 6.04. The molecule has 10 nitrogen and oxygen atoms in total. The minimum atomic E-state index is -0.384. The summed E-state index contributed by atoms with van der Waals surface area (Å²) in [6.07, 6.45) is 0. The van der Waals surface area contributed by atoms with Gasteiger partial charge in [0.05, 0.1) is 27.2 Å². The fourth-order valence-electron chi connectivity index (χ4n) is 3.46. The molecule has 0 saturated carbocycles. The number of benzene rings is 3. The van der Waals surface area contributed by atoms with Gasteiger partial charge in [-0.25, -0.2) is 0 Å². The molecule has 0 atom stereocenters. The van der Waals surface area contributed by atoms with Crippen molar-refractivity contribution in [2.45, 2.75) is 31.3 Å². The number of phenols is 1. The number of rotatable bonds is 9. The first-order valence-corrected chi connectivity index (χ1v) is 13.8. The molecule has 0 spiro atoms. The molecule has 0 aliphatic carbocycles. The molecule has 4 aromatic rings. The molecule has 1 aromatic heterocycles. The van der Waals surface area contributed by atoms with Crippen LogP contribution in [0.2, 0.25) is 10.0 Å². The van der Waals surface area contributed by atoms with Crippen molar-refractivity contribution in [2.75, 3.05) is 23.0 Å². The summed E-state index contributed by atoms with van der Waals surface area (Å²) in [6, 6.07) is 16.4. The maximum absolute atomic E-state index is 12.6. The predicted molar refractivity (Wildman–Crippen MR) is 156 cm³/mol. The quantitative estimate of drug-likeness (QED) is 0.164. The number of hydrogen-bond donors (Lipinski definition) is 3. The van der Waals surface area contributed by atoms with E-state index in [1.165, 1.54) is 22.9 Å². The summed E-state index contributed by atoms with van der Waals surface area (Å²) in [7, 11) is 0. The van der Waals surface area contributed by atoms with Crippen molar-refractivity contribution < 1.29 is 19.4 Å². The lowest BCUT2D eigenvalue weighted by atomic mass is 9.87. The normalized spacial score (nSPS) is 11.2. The number of nitrogens with zero attached hydrogens (tertiary/aromatic N) is 4. The average Bonchev–Trinajstić information content (AvgIpc) is 3.37. The van der Waals surface area contributed by atoms with Crippen molar-refractivity contribution in [1.29, 1.82) is 0 Å². The number of tetrazole rings is 1. The van der Waals surface area contributed by atoms with Gasteiger partial charge in [0.2, 0.25) is 11.1 Å². The molecule has 4 rings (SSSR count). The number of halogens is 2. The fourth-order valence-corrected chi connectivity index (χ4v) is 4.62. The SMILES string of the molecule is CC(C)(C)c1ccc(-n2nnnc2SCC(=O)Nc2ccc(OCC(=O)Nc3ccc(O)cc3)cc2Cl)c(Cl)c1. The zero-order valence-corrected chi connectivity index (χ0v) is 24.1. The van der Waals surface area contributed by atoms with Crippen molar-refractivity contribution in [1.82, 2.24) is 20.2 Å². The summed E-state index contributed by atoms with van der Waals surface area (Å²) >= 11 is 14.0. The molecule has 3 N–H and O–H groups in total. The van der Waals surface area contributed by atoms with Crippen LogP contribution in [0.4, 0.5) is 11.4 Å². The Bertz CT molecular complexity index is 1520. The lowest BCUT2D eigenvalue weighted by Gasteiger charge is -2.20. The van der Waals surface area contributed by atoms with Crippen molar-refractivity contribution >= 4 is 58.2 Å². The molecule has 0 radical (unpaired) electrons. The highest BCUT2D eigenvalue weighted by Crippen LogP contribution is 2.31. The first kappa shape index (κ1) is 29.2. The molecule has 0 saturated heterocycles. The first-order chi connectivity index (χ1) is 19.0. The number of carbonyl (C=O) groups excluding carboxylic acids is 2. The summed E-state index contributed by atoms with van der Waals surface area (Å²) in [5.74, 6) is -0.236. The maximum atomic E-state index is 12.6. The van der Waals surface area contributed by atoms with Crippen molar-refractivity contribution in [3.63, 3.8) is 0 Å². The van der Waals surface area contributed by atoms with Crippen LogP contribution in [0.15, 0.2) is 65.8 Å². The number of phenolic OH excluding ortho intramolecular Hbond substituents is 1. The Hall–Kier alpha value is -3.80. The van der Waals surface area contributed by atoms with Crippen LogP contribution in [-0.4, -0.2) is 49.5 Å². The highest BCUT2D eigenvalue weighted by atomic mass is 35.5. The van der Waals surface area contributed by atoms with Gasteiger partial charge in [-0.1, -0.05) is 61.8 Å². The Morgan fingerprint density at radius 1 is 0.975 bits per heavy atom. The lowest BCUT2D eigenvalue weighted by Crippen LogP contribution is -2.20. The Labute approximate surface area is 245 Å². The van der Waals surface area contributed by atoms with E-state index in [1.54, 1.807) is 24.3 Å². The molecule has 1 heterocycles. The molecule has 208 valence electrons. The van der Waals surface area contributed by atoms with E-state index in [0.717, 1.165) is 17.3 Å². The fraction of sp³-hybridized carbons (Fsp3) is 0.222. The van der Waals surface area contributed by atoms with E-state index in [-0.39, 0.29) is 40.4 Å². The largest absolute Gasteiger partial charge is 0.508 e. The maximum Gasteiger partial charge on any atom is 0.262 e. The van der Waals surface area contributed by atoms with Crippen molar-refractivity contribution in [3.05, 3.63) is 76.3 Å². The lowest BCUT2D eigenvalue weighted by molar-refractivity contribution is -0.118. The van der Waals surface area contributed by atoms with Crippen molar-refractivity contribution in [2.24, 2.45) is 0 Å². The van der Waals surface area contributed by atoms with Gasteiger partial charge >= 0.3 is 0 Å². The Morgan fingerprint density at radius 2 is 1.73 bits per heavy atom. The van der Waals surface area contributed by atoms with Crippen LogP contribution in [0, 0.1) is 0 Å². The number of carbonyl (C=O) groups is 2. The highest BCUT2D eigenvalue weighted by molar-refractivity contribution is 7.99. The van der Waals surface area contributed by atoms with Crippen LogP contribution in [0.5, 0.6) is 11.5 Å². The molecular formula is C27H26Cl2N6O4S. The minimum absolute atomic E-state index is 0.0179. The third kappa shape index (κ3) is 7.65. The molecular weight excluding hydrogens is 575 g/mol. The van der Waals surface area contributed by atoms with Gasteiger partial charge in [-0.05, 0) is 69.9 Å². The Balaban J connectivity index is 1.31. The smallest absolute Gasteiger partial charge is 0.262 e.